The van der Waals surface area contributed by atoms with E-state index in [4.69, 9.17) is 23.2 Å². The summed E-state index contributed by atoms with van der Waals surface area (Å²) in [7, 11) is 0. The lowest BCUT2D eigenvalue weighted by molar-refractivity contribution is 0.102. The van der Waals surface area contributed by atoms with Crippen LogP contribution < -0.4 is 5.32 Å². The van der Waals surface area contributed by atoms with Gasteiger partial charge in [0.2, 0.25) is 0 Å². The smallest absolute Gasteiger partial charge is 0.255 e. The van der Waals surface area contributed by atoms with Crippen LogP contribution in [0.3, 0.4) is 0 Å². The number of anilines is 1. The number of benzene rings is 1. The highest BCUT2D eigenvalue weighted by atomic mass is 35.5. The Bertz CT molecular complexity index is 656. The van der Waals surface area contributed by atoms with Gasteiger partial charge in [0, 0.05) is 22.0 Å². The van der Waals surface area contributed by atoms with Gasteiger partial charge >= 0.3 is 0 Å². The van der Waals surface area contributed by atoms with E-state index in [0.717, 1.165) is 17.7 Å². The van der Waals surface area contributed by atoms with Gasteiger partial charge in [0.1, 0.15) is 5.15 Å². The third-order valence-electron chi connectivity index (χ3n) is 2.92. The number of hydrogen-bond donors (Lipinski definition) is 1. The molecule has 0 aliphatic heterocycles. The van der Waals surface area contributed by atoms with Crippen molar-refractivity contribution in [3.8, 4) is 0 Å². The third-order valence-corrected chi connectivity index (χ3v) is 3.35. The highest BCUT2D eigenvalue weighted by molar-refractivity contribution is 6.31. The molecule has 104 valence electrons. The Morgan fingerprint density at radius 1 is 1.25 bits per heavy atom. The summed E-state index contributed by atoms with van der Waals surface area (Å²) in [5.74, 6) is -0.227. The van der Waals surface area contributed by atoms with Crippen molar-refractivity contribution >= 4 is 34.8 Å². The monoisotopic (exact) mass is 308 g/mol. The number of nitrogens with one attached hydrogen (secondary N) is 1. The normalized spacial score (nSPS) is 10.4. The van der Waals surface area contributed by atoms with Gasteiger partial charge in [0.15, 0.2) is 0 Å². The lowest BCUT2D eigenvalue weighted by Crippen LogP contribution is -2.13. The molecule has 1 N–H and O–H groups in total. The lowest BCUT2D eigenvalue weighted by Gasteiger charge is -2.09. The first-order valence-corrected chi connectivity index (χ1v) is 6.99. The second-order valence-electron chi connectivity index (χ2n) is 4.44. The van der Waals surface area contributed by atoms with Gasteiger partial charge in [-0.05, 0) is 43.2 Å². The number of pyridine rings is 1. The average Bonchev–Trinajstić information content (AvgIpc) is 2.42. The van der Waals surface area contributed by atoms with Gasteiger partial charge in [-0.2, -0.15) is 0 Å². The fourth-order valence-corrected chi connectivity index (χ4v) is 2.19. The number of aromatic nitrogens is 1. The van der Waals surface area contributed by atoms with Crippen molar-refractivity contribution in [2.75, 3.05) is 5.32 Å². The summed E-state index contributed by atoms with van der Waals surface area (Å²) in [4.78, 5) is 16.4. The van der Waals surface area contributed by atoms with Crippen LogP contribution in [0.1, 0.15) is 28.5 Å². The number of nitrogens with zero attached hydrogens (tertiary/aromatic N) is 1. The molecule has 0 radical (unpaired) electrons. The Balaban J connectivity index is 2.28. The van der Waals surface area contributed by atoms with E-state index in [1.807, 2.05) is 19.9 Å². The topological polar surface area (TPSA) is 42.0 Å². The zero-order chi connectivity index (χ0) is 14.7. The van der Waals surface area contributed by atoms with Crippen molar-refractivity contribution in [1.29, 1.82) is 0 Å². The second-order valence-corrected chi connectivity index (χ2v) is 5.26. The summed E-state index contributed by atoms with van der Waals surface area (Å²) in [5, 5.41) is 3.73. The lowest BCUT2D eigenvalue weighted by atomic mass is 10.1. The Labute approximate surface area is 127 Å². The molecule has 3 nitrogen and oxygen atoms in total. The van der Waals surface area contributed by atoms with Gasteiger partial charge in [0.05, 0.1) is 0 Å². The van der Waals surface area contributed by atoms with Crippen molar-refractivity contribution in [2.24, 2.45) is 0 Å². The molecule has 1 amide bonds. The SMILES string of the molecule is CCc1cc(C(=O)Nc2cc(Cl)ccc2C)cc(Cl)n1. The molecule has 20 heavy (non-hydrogen) atoms. The minimum absolute atomic E-state index is 0.227. The Morgan fingerprint density at radius 2 is 2.00 bits per heavy atom. The fraction of sp³-hybridized carbons (Fsp3) is 0.200. The molecule has 0 fully saturated rings. The predicted molar refractivity (Wildman–Crippen MR) is 82.8 cm³/mol. The average molecular weight is 309 g/mol. The fourth-order valence-electron chi connectivity index (χ4n) is 1.79. The van der Waals surface area contributed by atoms with Crippen LogP contribution in [0.5, 0.6) is 0 Å². The van der Waals surface area contributed by atoms with Gasteiger partial charge in [-0.3, -0.25) is 4.79 Å². The maximum atomic E-state index is 12.3. The molecule has 0 saturated heterocycles. The van der Waals surface area contributed by atoms with Gasteiger partial charge in [0.25, 0.3) is 5.91 Å². The first-order chi connectivity index (χ1) is 9.49. The van der Waals surface area contributed by atoms with Gasteiger partial charge in [-0.25, -0.2) is 4.98 Å². The van der Waals surface area contributed by atoms with E-state index < -0.39 is 0 Å². The molecule has 2 aromatic rings. The minimum Gasteiger partial charge on any atom is -0.322 e. The van der Waals surface area contributed by atoms with Crippen LogP contribution in [0, 0.1) is 6.92 Å². The van der Waals surface area contributed by atoms with E-state index in [0.29, 0.717) is 21.4 Å². The van der Waals surface area contributed by atoms with Crippen LogP contribution in [0.15, 0.2) is 30.3 Å². The number of rotatable bonds is 3. The Kier molecular flexibility index (Phi) is 4.63. The van der Waals surface area contributed by atoms with Gasteiger partial charge < -0.3 is 5.32 Å². The number of aryl methyl sites for hydroxylation is 2. The van der Waals surface area contributed by atoms with Crippen LogP contribution >= 0.6 is 23.2 Å². The Hall–Kier alpha value is -1.58. The van der Waals surface area contributed by atoms with E-state index >= 15 is 0 Å². The molecule has 2 rings (SSSR count). The van der Waals surface area contributed by atoms with Crippen LogP contribution in [-0.2, 0) is 6.42 Å². The van der Waals surface area contributed by atoms with E-state index in [2.05, 4.69) is 10.3 Å². The van der Waals surface area contributed by atoms with Crippen LogP contribution in [0.25, 0.3) is 0 Å². The molecule has 0 atom stereocenters. The van der Waals surface area contributed by atoms with E-state index in [9.17, 15) is 4.79 Å². The number of carbonyl (C=O) groups excluding carboxylic acids is 1. The van der Waals surface area contributed by atoms with Gasteiger partial charge in [-0.1, -0.05) is 36.2 Å². The second kappa shape index (κ2) is 6.25. The quantitative estimate of drug-likeness (QED) is 0.848. The molecule has 0 bridgehead atoms. The zero-order valence-electron chi connectivity index (χ0n) is 11.2. The molecule has 0 aliphatic rings. The number of halogens is 2. The summed E-state index contributed by atoms with van der Waals surface area (Å²) in [6, 6.07) is 8.65. The first-order valence-electron chi connectivity index (χ1n) is 6.23. The van der Waals surface area contributed by atoms with E-state index in [1.165, 1.54) is 0 Å². The molecule has 1 heterocycles. The number of carbonyl (C=O) groups is 1. The van der Waals surface area contributed by atoms with Crippen LogP contribution in [0.2, 0.25) is 10.2 Å². The molecule has 1 aromatic carbocycles. The molecule has 0 spiro atoms. The van der Waals surface area contributed by atoms with Gasteiger partial charge in [-0.15, -0.1) is 0 Å². The van der Waals surface area contributed by atoms with E-state index in [1.54, 1.807) is 24.3 Å². The molecule has 1 aromatic heterocycles. The van der Waals surface area contributed by atoms with Crippen LogP contribution in [0.4, 0.5) is 5.69 Å². The summed E-state index contributed by atoms with van der Waals surface area (Å²) >= 11 is 11.9. The first kappa shape index (κ1) is 14.8. The minimum atomic E-state index is -0.227. The molecule has 0 aliphatic carbocycles. The summed E-state index contributed by atoms with van der Waals surface area (Å²) in [6.45, 7) is 3.87. The third kappa shape index (κ3) is 3.50. The molecular formula is C15H14Cl2N2O. The van der Waals surface area contributed by atoms with Crippen molar-refractivity contribution in [3.63, 3.8) is 0 Å². The van der Waals surface area contributed by atoms with Crippen molar-refractivity contribution < 1.29 is 4.79 Å². The highest BCUT2D eigenvalue weighted by Crippen LogP contribution is 2.21. The van der Waals surface area contributed by atoms with Crippen molar-refractivity contribution in [2.45, 2.75) is 20.3 Å². The summed E-state index contributed by atoms with van der Waals surface area (Å²) in [5.41, 5.74) is 2.90. The van der Waals surface area contributed by atoms with Crippen molar-refractivity contribution in [3.05, 3.63) is 57.3 Å². The van der Waals surface area contributed by atoms with Crippen molar-refractivity contribution in [1.82, 2.24) is 4.98 Å². The number of hydrogen-bond acceptors (Lipinski definition) is 2. The molecule has 0 unspecified atom stereocenters. The molecular weight excluding hydrogens is 295 g/mol. The molecule has 5 heteroatoms. The highest BCUT2D eigenvalue weighted by Gasteiger charge is 2.10. The maximum absolute atomic E-state index is 12.3. The maximum Gasteiger partial charge on any atom is 0.255 e. The summed E-state index contributed by atoms with van der Waals surface area (Å²) in [6.07, 6.45) is 0.719. The standard InChI is InChI=1S/C15H14Cl2N2O/c1-3-12-6-10(7-14(17)18-12)15(20)19-13-8-11(16)5-4-9(13)2/h4-8H,3H2,1-2H3,(H,19,20). The Morgan fingerprint density at radius 3 is 2.70 bits per heavy atom. The summed E-state index contributed by atoms with van der Waals surface area (Å²) < 4.78 is 0. The largest absolute Gasteiger partial charge is 0.322 e. The van der Waals surface area contributed by atoms with Crippen LogP contribution in [-0.4, -0.2) is 10.9 Å². The number of amides is 1. The molecule has 0 saturated carbocycles. The van der Waals surface area contributed by atoms with E-state index in [-0.39, 0.29) is 5.91 Å². The predicted octanol–water partition coefficient (Wildman–Crippen LogP) is 4.51. The zero-order valence-corrected chi connectivity index (χ0v) is 12.7.